The smallest absolute Gasteiger partial charge is 0.425 e. The summed E-state index contributed by atoms with van der Waals surface area (Å²) < 4.78 is 50.3. The third-order valence-corrected chi connectivity index (χ3v) is 10.4. The van der Waals surface area contributed by atoms with E-state index in [9.17, 15) is 27.6 Å². The van der Waals surface area contributed by atoms with Crippen molar-refractivity contribution in [2.24, 2.45) is 40.4 Å². The maximum absolute atomic E-state index is 13.4. The molecule has 0 N–H and O–H groups in total. The van der Waals surface area contributed by atoms with Crippen LogP contribution in [0.25, 0.3) is 0 Å². The number of rotatable bonds is 5. The van der Waals surface area contributed by atoms with Crippen molar-refractivity contribution in [3.8, 4) is 0 Å². The molecule has 0 saturated heterocycles. The predicted octanol–water partition coefficient (Wildman–Crippen LogP) is 6.03. The van der Waals surface area contributed by atoms with Crippen LogP contribution in [0.4, 0.5) is 13.2 Å². The number of Topliss-reactive ketones (excluding diaryl/α,β-unsaturated/α-hetero) is 1. The molecule has 35 heavy (non-hydrogen) atoms. The van der Waals surface area contributed by atoms with Crippen LogP contribution in [-0.2, 0) is 23.9 Å². The van der Waals surface area contributed by atoms with Crippen LogP contribution >= 0.6 is 0 Å². The molecule has 4 fully saturated rings. The molecule has 0 spiro atoms. The molecule has 0 aliphatic heterocycles. The normalized spacial score (nSPS) is 41.7. The van der Waals surface area contributed by atoms with Crippen molar-refractivity contribution in [3.05, 3.63) is 0 Å². The van der Waals surface area contributed by atoms with Gasteiger partial charge in [-0.15, -0.1) is 0 Å². The van der Waals surface area contributed by atoms with Gasteiger partial charge in [0.15, 0.2) is 0 Å². The lowest BCUT2D eigenvalue weighted by molar-refractivity contribution is -0.221. The van der Waals surface area contributed by atoms with Gasteiger partial charge in [0.1, 0.15) is 11.9 Å². The molecule has 0 heterocycles. The van der Waals surface area contributed by atoms with Gasteiger partial charge in [-0.1, -0.05) is 13.8 Å². The lowest BCUT2D eigenvalue weighted by atomic mass is 9.44. The topological polar surface area (TPSA) is 69.7 Å². The summed E-state index contributed by atoms with van der Waals surface area (Å²) in [5.41, 5.74) is -0.123. The van der Waals surface area contributed by atoms with E-state index in [-0.39, 0.29) is 22.9 Å². The van der Waals surface area contributed by atoms with Gasteiger partial charge in [-0.2, -0.15) is 13.2 Å². The largest absolute Gasteiger partial charge is 0.463 e. The van der Waals surface area contributed by atoms with E-state index in [0.717, 1.165) is 58.3 Å². The zero-order valence-electron chi connectivity index (χ0n) is 21.3. The highest BCUT2D eigenvalue weighted by Gasteiger charge is 2.61. The second-order valence-electron chi connectivity index (χ2n) is 12.1. The third kappa shape index (κ3) is 4.87. The maximum Gasteiger partial charge on any atom is 0.425 e. The van der Waals surface area contributed by atoms with Crippen LogP contribution in [0.1, 0.15) is 91.9 Å². The molecule has 4 saturated carbocycles. The first-order valence-corrected chi connectivity index (χ1v) is 13.2. The molecular formula is C27H39F3O5. The average Bonchev–Trinajstić information content (AvgIpc) is 3.09. The number of esters is 2. The summed E-state index contributed by atoms with van der Waals surface area (Å²) in [6, 6.07) is 0. The molecule has 0 amide bonds. The summed E-state index contributed by atoms with van der Waals surface area (Å²) in [4.78, 5) is 35.9. The maximum atomic E-state index is 13.4. The highest BCUT2D eigenvalue weighted by Crippen LogP contribution is 2.67. The van der Waals surface area contributed by atoms with E-state index in [0.29, 0.717) is 30.1 Å². The number of carbonyl (C=O) groups excluding carboxylic acids is 3. The molecule has 8 heteroatoms. The molecule has 0 bridgehead atoms. The first-order chi connectivity index (χ1) is 16.3. The number of carbonyl (C=O) groups is 3. The molecular weight excluding hydrogens is 461 g/mol. The van der Waals surface area contributed by atoms with Gasteiger partial charge >= 0.3 is 18.1 Å². The Labute approximate surface area is 205 Å². The number of hydrogen-bond acceptors (Lipinski definition) is 5. The van der Waals surface area contributed by atoms with E-state index < -0.39 is 36.4 Å². The van der Waals surface area contributed by atoms with Crippen molar-refractivity contribution in [3.63, 3.8) is 0 Å². The minimum Gasteiger partial charge on any atom is -0.463 e. The van der Waals surface area contributed by atoms with Crippen LogP contribution < -0.4 is 0 Å². The van der Waals surface area contributed by atoms with Crippen molar-refractivity contribution >= 4 is 17.7 Å². The van der Waals surface area contributed by atoms with E-state index in [2.05, 4.69) is 18.6 Å². The number of halogens is 3. The van der Waals surface area contributed by atoms with Gasteiger partial charge in [0.2, 0.25) is 6.10 Å². The Balaban J connectivity index is 1.47. The summed E-state index contributed by atoms with van der Waals surface area (Å²) in [6.45, 7) is 6.91. The van der Waals surface area contributed by atoms with Gasteiger partial charge in [-0.3, -0.25) is 14.4 Å². The Morgan fingerprint density at radius 1 is 0.886 bits per heavy atom. The van der Waals surface area contributed by atoms with Crippen LogP contribution in [0, 0.1) is 40.4 Å². The van der Waals surface area contributed by atoms with Crippen LogP contribution in [0.5, 0.6) is 0 Å². The van der Waals surface area contributed by atoms with E-state index in [1.165, 1.54) is 6.92 Å². The molecule has 4 aliphatic carbocycles. The molecule has 5 nitrogen and oxygen atoms in total. The van der Waals surface area contributed by atoms with Crippen LogP contribution in [0.15, 0.2) is 0 Å². The monoisotopic (exact) mass is 500 g/mol. The van der Waals surface area contributed by atoms with Crippen LogP contribution in [-0.4, -0.2) is 36.1 Å². The van der Waals surface area contributed by atoms with Gasteiger partial charge in [0.05, 0.1) is 6.42 Å². The first kappa shape index (κ1) is 26.5. The first-order valence-electron chi connectivity index (χ1n) is 13.2. The van der Waals surface area contributed by atoms with Crippen molar-refractivity contribution in [2.75, 3.05) is 0 Å². The van der Waals surface area contributed by atoms with Crippen LogP contribution in [0.2, 0.25) is 0 Å². The van der Waals surface area contributed by atoms with E-state index in [4.69, 9.17) is 4.74 Å². The summed E-state index contributed by atoms with van der Waals surface area (Å²) in [7, 11) is 0. The Morgan fingerprint density at radius 3 is 2.17 bits per heavy atom. The number of ketones is 1. The fourth-order valence-corrected chi connectivity index (χ4v) is 8.84. The molecule has 0 radical (unpaired) electrons. The third-order valence-electron chi connectivity index (χ3n) is 10.4. The Bertz CT molecular complexity index is 856. The van der Waals surface area contributed by atoms with E-state index in [1.54, 1.807) is 0 Å². The second-order valence-corrected chi connectivity index (χ2v) is 12.1. The predicted molar refractivity (Wildman–Crippen MR) is 122 cm³/mol. The molecule has 198 valence electrons. The fourth-order valence-electron chi connectivity index (χ4n) is 8.84. The molecule has 9 atom stereocenters. The van der Waals surface area contributed by atoms with Gasteiger partial charge in [-0.05, 0) is 92.3 Å². The summed E-state index contributed by atoms with van der Waals surface area (Å²) in [6.07, 6.45) is 0.365. The molecule has 4 aliphatic rings. The van der Waals surface area contributed by atoms with Gasteiger partial charge in [-0.25, -0.2) is 0 Å². The van der Waals surface area contributed by atoms with Crippen molar-refractivity contribution in [1.82, 2.24) is 0 Å². The summed E-state index contributed by atoms with van der Waals surface area (Å²) in [5.74, 6) is -0.217. The van der Waals surface area contributed by atoms with E-state index in [1.807, 2.05) is 0 Å². The van der Waals surface area contributed by atoms with Crippen molar-refractivity contribution in [1.29, 1.82) is 0 Å². The number of hydrogen-bond donors (Lipinski definition) is 0. The van der Waals surface area contributed by atoms with Crippen molar-refractivity contribution in [2.45, 2.75) is 110 Å². The number of ether oxygens (including phenoxy) is 2. The van der Waals surface area contributed by atoms with Crippen molar-refractivity contribution < 1.29 is 37.0 Å². The Hall–Kier alpha value is -1.60. The fraction of sp³-hybridized carbons (Fsp3) is 0.889. The quantitative estimate of drug-likeness (QED) is 0.431. The zero-order valence-corrected chi connectivity index (χ0v) is 21.3. The van der Waals surface area contributed by atoms with Crippen LogP contribution in [0.3, 0.4) is 0 Å². The molecule has 0 aromatic rings. The van der Waals surface area contributed by atoms with Gasteiger partial charge in [0.25, 0.3) is 0 Å². The lowest BCUT2D eigenvalue weighted by Gasteiger charge is -2.61. The number of alkyl halides is 3. The summed E-state index contributed by atoms with van der Waals surface area (Å²) >= 11 is 0. The molecule has 0 aromatic carbocycles. The molecule has 0 unspecified atom stereocenters. The molecule has 4 rings (SSSR count). The second kappa shape index (κ2) is 9.37. The van der Waals surface area contributed by atoms with Gasteiger partial charge in [0, 0.05) is 19.8 Å². The highest BCUT2D eigenvalue weighted by atomic mass is 19.4. The minimum atomic E-state index is -4.75. The van der Waals surface area contributed by atoms with Gasteiger partial charge < -0.3 is 9.47 Å². The average molecular weight is 501 g/mol. The highest BCUT2D eigenvalue weighted by molar-refractivity contribution is 5.83. The standard InChI is InChI=1S/C27H39F3O5/c1-15(31)34-18-9-11-25(3)17(13-18)5-6-19-20-7-8-22(26(20,4)12-10-21(19)25)23(33)14-24(27(28,29)30)35-16(2)32/h17-22,24H,5-14H2,1-4H3/t17-,18+,19+,20+,21+,22-,24+,25+,26+/m1/s1. The number of fused-ring (bicyclic) bond motifs is 5. The zero-order chi connectivity index (χ0) is 25.8. The Kier molecular flexibility index (Phi) is 7.08. The SMILES string of the molecule is CC(=O)O[C@H]1CC[C@@]2(C)[C@H](CC[C@@H]3[C@@H]2CC[C@]2(C)[C@@H](C(=O)C[C@H](OC(C)=O)C(F)(F)F)CC[C@@H]32)C1. The minimum absolute atomic E-state index is 0.00302. The van der Waals surface area contributed by atoms with E-state index >= 15 is 0 Å². The molecule has 0 aromatic heterocycles. The Morgan fingerprint density at radius 2 is 1.54 bits per heavy atom. The summed E-state index contributed by atoms with van der Waals surface area (Å²) in [5, 5.41) is 0. The lowest BCUT2D eigenvalue weighted by Crippen LogP contribution is -2.54.